The van der Waals surface area contributed by atoms with E-state index in [1.54, 1.807) is 0 Å². The minimum Gasteiger partial charge on any atom is -0.399 e. The fourth-order valence-electron chi connectivity index (χ4n) is 3.12. The van der Waals surface area contributed by atoms with Crippen LogP contribution in [0.5, 0.6) is 0 Å². The number of carbonyl (C=O) groups excluding carboxylic acids is 1. The highest BCUT2D eigenvalue weighted by Gasteiger charge is 2.11. The second-order valence-electron chi connectivity index (χ2n) is 6.50. The monoisotopic (exact) mass is 323 g/mol. The second-order valence-corrected chi connectivity index (χ2v) is 6.50. The number of hydrogen-bond acceptors (Lipinski definition) is 3. The molecular formula is C20H25N3O. The maximum Gasteiger partial charge on any atom is 0.224 e. The molecular weight excluding hydrogens is 298 g/mol. The molecule has 0 aliphatic carbocycles. The molecule has 1 aliphatic heterocycles. The smallest absolute Gasteiger partial charge is 0.224 e. The van der Waals surface area contributed by atoms with Crippen molar-refractivity contribution in [3.63, 3.8) is 0 Å². The topological polar surface area (TPSA) is 58.4 Å². The minimum atomic E-state index is 0.0321. The molecule has 4 nitrogen and oxygen atoms in total. The van der Waals surface area contributed by atoms with Crippen molar-refractivity contribution in [1.82, 2.24) is 10.2 Å². The standard InChI is InChI=1S/C20H25N3O/c21-19-8-6-16(7-9-19)13-20(24)22-14-17-4-3-5-18(12-17)15-23-10-1-2-11-23/h3-9,12H,1-2,10-11,13-15,21H2,(H,22,24). The van der Waals surface area contributed by atoms with E-state index in [2.05, 4.69) is 34.5 Å². The molecule has 0 unspecified atom stereocenters. The lowest BCUT2D eigenvalue weighted by atomic mass is 10.1. The van der Waals surface area contributed by atoms with Gasteiger partial charge in [0.15, 0.2) is 0 Å². The average Bonchev–Trinajstić information content (AvgIpc) is 3.08. The normalized spacial score (nSPS) is 14.7. The summed E-state index contributed by atoms with van der Waals surface area (Å²) in [5.74, 6) is 0.0321. The first-order valence-corrected chi connectivity index (χ1v) is 8.60. The Balaban J connectivity index is 1.50. The Labute approximate surface area is 143 Å². The van der Waals surface area contributed by atoms with Gasteiger partial charge in [-0.2, -0.15) is 0 Å². The summed E-state index contributed by atoms with van der Waals surface area (Å²) in [4.78, 5) is 14.6. The van der Waals surface area contributed by atoms with Gasteiger partial charge in [0.05, 0.1) is 6.42 Å². The third-order valence-electron chi connectivity index (χ3n) is 4.43. The number of rotatable bonds is 6. The molecule has 0 spiro atoms. The minimum absolute atomic E-state index is 0.0321. The Hall–Kier alpha value is -2.33. The van der Waals surface area contributed by atoms with E-state index >= 15 is 0 Å². The molecule has 0 saturated carbocycles. The van der Waals surface area contributed by atoms with E-state index in [4.69, 9.17) is 5.73 Å². The highest BCUT2D eigenvalue weighted by atomic mass is 16.1. The highest BCUT2D eigenvalue weighted by molar-refractivity contribution is 5.78. The van der Waals surface area contributed by atoms with Crippen LogP contribution < -0.4 is 11.1 Å². The van der Waals surface area contributed by atoms with Crippen LogP contribution in [0.4, 0.5) is 5.69 Å². The number of amides is 1. The van der Waals surface area contributed by atoms with Crippen LogP contribution in [-0.4, -0.2) is 23.9 Å². The Morgan fingerprint density at radius 1 is 1.00 bits per heavy atom. The summed E-state index contributed by atoms with van der Waals surface area (Å²) in [5, 5.41) is 3.00. The number of anilines is 1. The van der Waals surface area contributed by atoms with Gasteiger partial charge in [0, 0.05) is 18.8 Å². The van der Waals surface area contributed by atoms with Gasteiger partial charge in [0.1, 0.15) is 0 Å². The number of nitrogens with zero attached hydrogens (tertiary/aromatic N) is 1. The summed E-state index contributed by atoms with van der Waals surface area (Å²) in [5.41, 5.74) is 9.83. The van der Waals surface area contributed by atoms with Crippen LogP contribution >= 0.6 is 0 Å². The van der Waals surface area contributed by atoms with Gasteiger partial charge in [-0.3, -0.25) is 9.69 Å². The first-order valence-electron chi connectivity index (χ1n) is 8.60. The first kappa shape index (κ1) is 16.5. The lowest BCUT2D eigenvalue weighted by molar-refractivity contribution is -0.120. The largest absolute Gasteiger partial charge is 0.399 e. The summed E-state index contributed by atoms with van der Waals surface area (Å²) < 4.78 is 0. The van der Waals surface area contributed by atoms with Crippen molar-refractivity contribution in [3.8, 4) is 0 Å². The van der Waals surface area contributed by atoms with Crippen LogP contribution in [0, 0.1) is 0 Å². The fourth-order valence-corrected chi connectivity index (χ4v) is 3.12. The van der Waals surface area contributed by atoms with Crippen molar-refractivity contribution < 1.29 is 4.79 Å². The Kier molecular flexibility index (Phi) is 5.49. The summed E-state index contributed by atoms with van der Waals surface area (Å²) >= 11 is 0. The van der Waals surface area contributed by atoms with Crippen molar-refractivity contribution in [2.45, 2.75) is 32.4 Å². The molecule has 2 aromatic rings. The number of likely N-dealkylation sites (tertiary alicyclic amines) is 1. The molecule has 0 radical (unpaired) electrons. The van der Waals surface area contributed by atoms with Crippen LogP contribution in [-0.2, 0) is 24.3 Å². The predicted molar refractivity (Wildman–Crippen MR) is 97.4 cm³/mol. The number of hydrogen-bond donors (Lipinski definition) is 2. The molecule has 3 N–H and O–H groups in total. The molecule has 3 rings (SSSR count). The number of benzene rings is 2. The van der Waals surface area contributed by atoms with E-state index < -0.39 is 0 Å². The van der Waals surface area contributed by atoms with Gasteiger partial charge in [-0.05, 0) is 54.8 Å². The van der Waals surface area contributed by atoms with Crippen molar-refractivity contribution in [1.29, 1.82) is 0 Å². The van der Waals surface area contributed by atoms with Gasteiger partial charge in [-0.1, -0.05) is 36.4 Å². The Morgan fingerprint density at radius 2 is 1.71 bits per heavy atom. The molecule has 126 valence electrons. The van der Waals surface area contributed by atoms with Gasteiger partial charge in [-0.25, -0.2) is 0 Å². The molecule has 1 aliphatic rings. The maximum absolute atomic E-state index is 12.1. The molecule has 4 heteroatoms. The molecule has 0 atom stereocenters. The lowest BCUT2D eigenvalue weighted by Gasteiger charge is -2.15. The summed E-state index contributed by atoms with van der Waals surface area (Å²) in [6.07, 6.45) is 3.00. The Bertz CT molecular complexity index is 676. The zero-order valence-electron chi connectivity index (χ0n) is 14.0. The third-order valence-corrected chi connectivity index (χ3v) is 4.43. The first-order chi connectivity index (χ1) is 11.7. The Morgan fingerprint density at radius 3 is 2.46 bits per heavy atom. The van der Waals surface area contributed by atoms with Crippen LogP contribution in [0.1, 0.15) is 29.5 Å². The van der Waals surface area contributed by atoms with Crippen LogP contribution in [0.15, 0.2) is 48.5 Å². The summed E-state index contributed by atoms with van der Waals surface area (Å²) in [7, 11) is 0. The zero-order chi connectivity index (χ0) is 16.8. The predicted octanol–water partition coefficient (Wildman–Crippen LogP) is 2.72. The van der Waals surface area contributed by atoms with Gasteiger partial charge in [0.25, 0.3) is 0 Å². The molecule has 0 bridgehead atoms. The van der Waals surface area contributed by atoms with Crippen LogP contribution in [0.25, 0.3) is 0 Å². The summed E-state index contributed by atoms with van der Waals surface area (Å²) in [6, 6.07) is 15.9. The maximum atomic E-state index is 12.1. The lowest BCUT2D eigenvalue weighted by Crippen LogP contribution is -2.24. The van der Waals surface area contributed by atoms with Gasteiger partial charge >= 0.3 is 0 Å². The van der Waals surface area contributed by atoms with E-state index in [9.17, 15) is 4.79 Å². The number of carbonyl (C=O) groups is 1. The molecule has 1 saturated heterocycles. The number of nitrogens with one attached hydrogen (secondary N) is 1. The molecule has 24 heavy (non-hydrogen) atoms. The van der Waals surface area contributed by atoms with Crippen molar-refractivity contribution in [2.24, 2.45) is 0 Å². The van der Waals surface area contributed by atoms with Crippen LogP contribution in [0.2, 0.25) is 0 Å². The molecule has 1 amide bonds. The van der Waals surface area contributed by atoms with Crippen LogP contribution in [0.3, 0.4) is 0 Å². The van der Waals surface area contributed by atoms with Crippen molar-refractivity contribution >= 4 is 11.6 Å². The molecule has 1 heterocycles. The number of nitrogens with two attached hydrogens (primary N) is 1. The molecule has 1 fully saturated rings. The quantitative estimate of drug-likeness (QED) is 0.804. The van der Waals surface area contributed by atoms with Crippen molar-refractivity contribution in [3.05, 3.63) is 65.2 Å². The molecule has 2 aromatic carbocycles. The van der Waals surface area contributed by atoms with E-state index in [0.717, 1.165) is 17.7 Å². The fraction of sp³-hybridized carbons (Fsp3) is 0.350. The van der Waals surface area contributed by atoms with E-state index in [1.165, 1.54) is 31.5 Å². The summed E-state index contributed by atoms with van der Waals surface area (Å²) in [6.45, 7) is 3.97. The SMILES string of the molecule is Nc1ccc(CC(=O)NCc2cccc(CN3CCCC3)c2)cc1. The third kappa shape index (κ3) is 4.83. The van der Waals surface area contributed by atoms with E-state index in [1.807, 2.05) is 24.3 Å². The van der Waals surface area contributed by atoms with Gasteiger partial charge in [0.2, 0.25) is 5.91 Å². The van der Waals surface area contributed by atoms with Gasteiger partial charge < -0.3 is 11.1 Å². The van der Waals surface area contributed by atoms with E-state index in [-0.39, 0.29) is 5.91 Å². The van der Waals surface area contributed by atoms with Gasteiger partial charge in [-0.15, -0.1) is 0 Å². The zero-order valence-corrected chi connectivity index (χ0v) is 14.0. The molecule has 0 aromatic heterocycles. The second kappa shape index (κ2) is 7.97. The average molecular weight is 323 g/mol. The highest BCUT2D eigenvalue weighted by Crippen LogP contribution is 2.14. The van der Waals surface area contributed by atoms with Crippen molar-refractivity contribution in [2.75, 3.05) is 18.8 Å². The van der Waals surface area contributed by atoms with E-state index in [0.29, 0.717) is 18.7 Å². The number of nitrogen functional groups attached to an aromatic ring is 1.